The predicted molar refractivity (Wildman–Crippen MR) is 102 cm³/mol. The molecule has 1 fully saturated rings. The van der Waals surface area contributed by atoms with Crippen LogP contribution < -0.4 is 10.6 Å². The maximum Gasteiger partial charge on any atom is 0.222 e. The summed E-state index contributed by atoms with van der Waals surface area (Å²) in [6, 6.07) is 3.93. The van der Waals surface area contributed by atoms with Crippen LogP contribution in [0.4, 0.5) is 5.69 Å². The highest BCUT2D eigenvalue weighted by Gasteiger charge is 2.38. The Bertz CT molecular complexity index is 797. The molecule has 7 heteroatoms. The summed E-state index contributed by atoms with van der Waals surface area (Å²) in [7, 11) is 1.75. The molecule has 26 heavy (non-hydrogen) atoms. The number of rotatable bonds is 6. The second kappa shape index (κ2) is 7.55. The number of hydrogen-bond donors (Lipinski definition) is 2. The van der Waals surface area contributed by atoms with Gasteiger partial charge in [0.05, 0.1) is 12.1 Å². The monoisotopic (exact) mass is 357 g/mol. The van der Waals surface area contributed by atoms with E-state index in [0.717, 1.165) is 28.8 Å². The van der Waals surface area contributed by atoms with E-state index in [1.165, 1.54) is 0 Å². The van der Waals surface area contributed by atoms with Crippen molar-refractivity contribution in [2.75, 3.05) is 38.1 Å². The van der Waals surface area contributed by atoms with Gasteiger partial charge in [0.15, 0.2) is 0 Å². The summed E-state index contributed by atoms with van der Waals surface area (Å²) in [6.07, 6.45) is 5.26. The Balaban J connectivity index is 1.75. The van der Waals surface area contributed by atoms with E-state index < -0.39 is 5.60 Å². The van der Waals surface area contributed by atoms with Crippen molar-refractivity contribution in [2.24, 2.45) is 5.73 Å². The van der Waals surface area contributed by atoms with Crippen molar-refractivity contribution in [1.29, 1.82) is 0 Å². The second-order valence-electron chi connectivity index (χ2n) is 7.21. The van der Waals surface area contributed by atoms with Gasteiger partial charge in [0.2, 0.25) is 5.91 Å². The van der Waals surface area contributed by atoms with E-state index in [1.54, 1.807) is 18.1 Å². The molecule has 1 atom stereocenters. The minimum atomic E-state index is -0.918. The fourth-order valence-electron chi connectivity index (χ4n) is 3.61. The van der Waals surface area contributed by atoms with Crippen molar-refractivity contribution in [3.63, 3.8) is 0 Å². The van der Waals surface area contributed by atoms with Crippen LogP contribution in [0.1, 0.15) is 25.0 Å². The Morgan fingerprint density at radius 3 is 3.08 bits per heavy atom. The van der Waals surface area contributed by atoms with Crippen LogP contribution >= 0.6 is 0 Å². The zero-order chi connectivity index (χ0) is 18.7. The molecule has 0 aromatic carbocycles. The summed E-state index contributed by atoms with van der Waals surface area (Å²) in [4.78, 5) is 24.7. The highest BCUT2D eigenvalue weighted by Crippen LogP contribution is 2.32. The third kappa shape index (κ3) is 3.94. The van der Waals surface area contributed by atoms with Crippen LogP contribution in [-0.2, 0) is 4.79 Å². The molecule has 0 saturated carbocycles. The number of nitrogens with two attached hydrogens (primary N) is 1. The number of anilines is 1. The van der Waals surface area contributed by atoms with E-state index in [-0.39, 0.29) is 5.91 Å². The molecule has 2 aromatic rings. The zero-order valence-corrected chi connectivity index (χ0v) is 15.5. The highest BCUT2D eigenvalue weighted by atomic mass is 16.3. The van der Waals surface area contributed by atoms with Gasteiger partial charge in [0.25, 0.3) is 0 Å². The van der Waals surface area contributed by atoms with E-state index in [0.29, 0.717) is 38.9 Å². The summed E-state index contributed by atoms with van der Waals surface area (Å²) in [5.41, 5.74) is 7.42. The van der Waals surface area contributed by atoms with E-state index in [9.17, 15) is 9.90 Å². The number of aromatic nitrogens is 2. The molecule has 0 bridgehead atoms. The van der Waals surface area contributed by atoms with Crippen LogP contribution in [0.2, 0.25) is 0 Å². The zero-order valence-electron chi connectivity index (χ0n) is 15.5. The van der Waals surface area contributed by atoms with Crippen molar-refractivity contribution in [1.82, 2.24) is 14.9 Å². The highest BCUT2D eigenvalue weighted by molar-refractivity contribution is 5.91. The van der Waals surface area contributed by atoms with Crippen molar-refractivity contribution >= 4 is 22.5 Å². The molecule has 1 amide bonds. The summed E-state index contributed by atoms with van der Waals surface area (Å²) >= 11 is 0. The van der Waals surface area contributed by atoms with Crippen molar-refractivity contribution in [2.45, 2.75) is 31.8 Å². The number of β-amino-alcohol motifs (C(OH)–C–C–N with tert-alkyl or cyclic N) is 1. The number of carbonyl (C=O) groups excluding carboxylic acids is 1. The van der Waals surface area contributed by atoms with Gasteiger partial charge in [0.1, 0.15) is 5.60 Å². The van der Waals surface area contributed by atoms with Gasteiger partial charge >= 0.3 is 0 Å². The number of amides is 1. The number of nitrogens with zero attached hydrogens (tertiary/aromatic N) is 4. The standard InChI is InChI=1S/C19H27N5O2/c1-14-10-17(15-11-21-8-5-16(15)22-14)24-9-6-19(26,13-24)12-23(2)18(25)4-3-7-20/h5,8,10-11,26H,3-4,6-7,9,12-13,20H2,1-2H3/t19-/m0/s1. The first-order chi connectivity index (χ1) is 12.4. The van der Waals surface area contributed by atoms with Crippen LogP contribution in [0.3, 0.4) is 0 Å². The van der Waals surface area contributed by atoms with Crippen molar-refractivity contribution in [3.8, 4) is 0 Å². The minimum absolute atomic E-state index is 0.0248. The largest absolute Gasteiger partial charge is 0.386 e. The number of aliphatic hydroxyl groups is 1. The fourth-order valence-corrected chi connectivity index (χ4v) is 3.61. The topological polar surface area (TPSA) is 95.6 Å². The van der Waals surface area contributed by atoms with Crippen LogP contribution in [0.15, 0.2) is 24.5 Å². The van der Waals surface area contributed by atoms with Crippen LogP contribution in [0.25, 0.3) is 10.9 Å². The minimum Gasteiger partial charge on any atom is -0.386 e. The van der Waals surface area contributed by atoms with Crippen LogP contribution in [0.5, 0.6) is 0 Å². The number of aryl methyl sites for hydroxylation is 1. The summed E-state index contributed by atoms with van der Waals surface area (Å²) in [5.74, 6) is 0.0248. The smallest absolute Gasteiger partial charge is 0.222 e. The molecule has 3 rings (SSSR count). The van der Waals surface area contributed by atoms with E-state index in [1.807, 2.05) is 25.3 Å². The molecule has 1 saturated heterocycles. The molecule has 0 radical (unpaired) electrons. The molecule has 7 nitrogen and oxygen atoms in total. The second-order valence-corrected chi connectivity index (χ2v) is 7.21. The fraction of sp³-hybridized carbons (Fsp3) is 0.526. The predicted octanol–water partition coefficient (Wildman–Crippen LogP) is 1.08. The molecule has 1 aliphatic rings. The Morgan fingerprint density at radius 1 is 1.50 bits per heavy atom. The lowest BCUT2D eigenvalue weighted by Crippen LogP contribution is -2.45. The molecular weight excluding hydrogens is 330 g/mol. The lowest BCUT2D eigenvalue weighted by atomic mass is 10.0. The summed E-state index contributed by atoms with van der Waals surface area (Å²) < 4.78 is 0. The number of hydrogen-bond acceptors (Lipinski definition) is 6. The van der Waals surface area contributed by atoms with Gasteiger partial charge in [0, 0.05) is 55.7 Å². The molecule has 0 aliphatic carbocycles. The van der Waals surface area contributed by atoms with Crippen molar-refractivity contribution < 1.29 is 9.90 Å². The van der Waals surface area contributed by atoms with E-state index in [2.05, 4.69) is 14.9 Å². The molecule has 0 unspecified atom stereocenters. The molecule has 0 spiro atoms. The lowest BCUT2D eigenvalue weighted by Gasteiger charge is -2.29. The third-order valence-electron chi connectivity index (χ3n) is 4.94. The van der Waals surface area contributed by atoms with Gasteiger partial charge in [-0.15, -0.1) is 0 Å². The first-order valence-electron chi connectivity index (χ1n) is 9.04. The van der Waals surface area contributed by atoms with Gasteiger partial charge < -0.3 is 20.6 Å². The first kappa shape index (κ1) is 18.5. The van der Waals surface area contributed by atoms with Gasteiger partial charge in [-0.3, -0.25) is 14.8 Å². The molecule has 140 valence electrons. The Labute approximate surface area is 153 Å². The van der Waals surface area contributed by atoms with E-state index >= 15 is 0 Å². The molecule has 3 heterocycles. The normalized spacial score (nSPS) is 19.9. The lowest BCUT2D eigenvalue weighted by molar-refractivity contribution is -0.132. The quantitative estimate of drug-likeness (QED) is 0.803. The third-order valence-corrected chi connectivity index (χ3v) is 4.94. The van der Waals surface area contributed by atoms with Crippen molar-refractivity contribution in [3.05, 3.63) is 30.2 Å². The molecule has 3 N–H and O–H groups in total. The summed E-state index contributed by atoms with van der Waals surface area (Å²) in [6.45, 7) is 4.01. The number of likely N-dealkylation sites (N-methyl/N-ethyl adjacent to an activating group) is 1. The Hall–Kier alpha value is -2.25. The molecule has 2 aromatic heterocycles. The average molecular weight is 357 g/mol. The van der Waals surface area contributed by atoms with E-state index in [4.69, 9.17) is 5.73 Å². The maximum absolute atomic E-state index is 12.1. The SMILES string of the molecule is Cc1cc(N2CC[C@](O)(CN(C)C(=O)CCCN)C2)c2cnccc2n1. The van der Waals surface area contributed by atoms with Crippen LogP contribution in [-0.4, -0.2) is 64.7 Å². The number of fused-ring (bicyclic) bond motifs is 1. The van der Waals surface area contributed by atoms with Gasteiger partial charge in [-0.1, -0.05) is 0 Å². The first-order valence-corrected chi connectivity index (χ1v) is 9.04. The molecular formula is C19H27N5O2. The summed E-state index contributed by atoms with van der Waals surface area (Å²) in [5, 5.41) is 12.0. The Kier molecular flexibility index (Phi) is 5.38. The molecule has 1 aliphatic heterocycles. The van der Waals surface area contributed by atoms with Gasteiger partial charge in [-0.2, -0.15) is 0 Å². The van der Waals surface area contributed by atoms with Gasteiger partial charge in [-0.25, -0.2) is 0 Å². The number of pyridine rings is 2. The van der Waals surface area contributed by atoms with Crippen LogP contribution in [0, 0.1) is 6.92 Å². The maximum atomic E-state index is 12.1. The average Bonchev–Trinajstić information content (AvgIpc) is 3.00. The van der Waals surface area contributed by atoms with Gasteiger partial charge in [-0.05, 0) is 38.4 Å². The number of carbonyl (C=O) groups is 1. The Morgan fingerprint density at radius 2 is 2.31 bits per heavy atom.